The number of hydrogen-bond acceptors (Lipinski definition) is 2. The molecular formula is C18H19NO. The van der Waals surface area contributed by atoms with E-state index in [1.165, 1.54) is 16.7 Å². The summed E-state index contributed by atoms with van der Waals surface area (Å²) in [4.78, 5) is 4.88. The van der Waals surface area contributed by atoms with Crippen molar-refractivity contribution in [2.75, 3.05) is 7.11 Å². The quantitative estimate of drug-likeness (QED) is 0.822. The van der Waals surface area contributed by atoms with E-state index in [0.29, 0.717) is 0 Å². The minimum absolute atomic E-state index is 0.138. The first-order chi connectivity index (χ1) is 9.77. The molecule has 0 aliphatic carbocycles. The molecule has 3 rings (SSSR count). The highest BCUT2D eigenvalue weighted by molar-refractivity contribution is 5.84. The van der Waals surface area contributed by atoms with Crippen molar-refractivity contribution in [1.29, 1.82) is 0 Å². The van der Waals surface area contributed by atoms with Gasteiger partial charge in [-0.05, 0) is 41.3 Å². The molecule has 0 N–H and O–H groups in total. The van der Waals surface area contributed by atoms with Gasteiger partial charge in [0.1, 0.15) is 5.75 Å². The summed E-state index contributed by atoms with van der Waals surface area (Å²) in [6, 6.07) is 16.8. The molecule has 0 saturated heterocycles. The molecule has 0 spiro atoms. The van der Waals surface area contributed by atoms with Crippen LogP contribution in [0.15, 0.2) is 53.5 Å². The van der Waals surface area contributed by atoms with Crippen LogP contribution in [0.25, 0.3) is 0 Å². The number of rotatable bonds is 3. The van der Waals surface area contributed by atoms with Crippen molar-refractivity contribution in [2.24, 2.45) is 4.99 Å². The highest BCUT2D eigenvalue weighted by Gasteiger charge is 2.32. The number of methoxy groups -OCH3 is 1. The maximum atomic E-state index is 5.34. The lowest BCUT2D eigenvalue weighted by atomic mass is 9.79. The lowest BCUT2D eigenvalue weighted by molar-refractivity contribution is 0.407. The first kappa shape index (κ1) is 12.9. The Labute approximate surface area is 120 Å². The lowest BCUT2D eigenvalue weighted by Gasteiger charge is -2.33. The van der Waals surface area contributed by atoms with E-state index in [1.54, 1.807) is 7.11 Å². The van der Waals surface area contributed by atoms with Crippen molar-refractivity contribution in [3.05, 3.63) is 65.2 Å². The molecule has 0 bridgehead atoms. The molecule has 1 heterocycles. The van der Waals surface area contributed by atoms with E-state index in [-0.39, 0.29) is 5.54 Å². The molecule has 0 fully saturated rings. The number of aliphatic imine (C=N–C) groups is 1. The third-order valence-corrected chi connectivity index (χ3v) is 4.18. The minimum atomic E-state index is -0.138. The number of benzene rings is 2. The van der Waals surface area contributed by atoms with Gasteiger partial charge < -0.3 is 4.74 Å². The Balaban J connectivity index is 2.05. The van der Waals surface area contributed by atoms with Crippen LogP contribution in [0.3, 0.4) is 0 Å². The van der Waals surface area contributed by atoms with Crippen molar-refractivity contribution in [1.82, 2.24) is 0 Å². The Hall–Kier alpha value is -2.09. The van der Waals surface area contributed by atoms with Crippen LogP contribution in [0.5, 0.6) is 5.75 Å². The molecular weight excluding hydrogens is 246 g/mol. The van der Waals surface area contributed by atoms with Gasteiger partial charge >= 0.3 is 0 Å². The van der Waals surface area contributed by atoms with Gasteiger partial charge in [-0.1, -0.05) is 37.3 Å². The highest BCUT2D eigenvalue weighted by atomic mass is 16.5. The largest absolute Gasteiger partial charge is 0.497 e. The average molecular weight is 265 g/mol. The summed E-state index contributed by atoms with van der Waals surface area (Å²) < 4.78 is 5.34. The Morgan fingerprint density at radius 3 is 2.65 bits per heavy atom. The zero-order valence-electron chi connectivity index (χ0n) is 12.0. The van der Waals surface area contributed by atoms with Crippen molar-refractivity contribution in [3.8, 4) is 5.75 Å². The van der Waals surface area contributed by atoms with Crippen LogP contribution in [0.4, 0.5) is 0 Å². The average Bonchev–Trinajstić information content (AvgIpc) is 2.54. The molecule has 2 heteroatoms. The second kappa shape index (κ2) is 5.12. The fourth-order valence-corrected chi connectivity index (χ4v) is 2.89. The van der Waals surface area contributed by atoms with Crippen LogP contribution in [0, 0.1) is 0 Å². The first-order valence-electron chi connectivity index (χ1n) is 7.05. The summed E-state index contributed by atoms with van der Waals surface area (Å²) in [6.45, 7) is 2.20. The SMILES string of the molecule is CCC1(c2ccccc2)Cc2cc(OC)ccc2C=N1. The predicted molar refractivity (Wildman–Crippen MR) is 82.7 cm³/mol. The maximum absolute atomic E-state index is 5.34. The van der Waals surface area contributed by atoms with E-state index in [2.05, 4.69) is 49.4 Å². The summed E-state index contributed by atoms with van der Waals surface area (Å²) >= 11 is 0. The summed E-state index contributed by atoms with van der Waals surface area (Å²) in [6.07, 6.45) is 3.93. The van der Waals surface area contributed by atoms with Crippen LogP contribution in [0.2, 0.25) is 0 Å². The lowest BCUT2D eigenvalue weighted by Crippen LogP contribution is -2.29. The van der Waals surface area contributed by atoms with Crippen LogP contribution >= 0.6 is 0 Å². The molecule has 102 valence electrons. The number of nitrogens with zero attached hydrogens (tertiary/aromatic N) is 1. The zero-order chi connectivity index (χ0) is 14.0. The minimum Gasteiger partial charge on any atom is -0.497 e. The van der Waals surface area contributed by atoms with Gasteiger partial charge in [-0.25, -0.2) is 0 Å². The smallest absolute Gasteiger partial charge is 0.119 e. The zero-order valence-corrected chi connectivity index (χ0v) is 12.0. The van der Waals surface area contributed by atoms with Crippen molar-refractivity contribution < 1.29 is 4.74 Å². The molecule has 1 unspecified atom stereocenters. The summed E-state index contributed by atoms with van der Waals surface area (Å²) in [5.41, 5.74) is 3.66. The molecule has 1 atom stereocenters. The summed E-state index contributed by atoms with van der Waals surface area (Å²) in [5.74, 6) is 0.914. The van der Waals surface area contributed by atoms with E-state index in [9.17, 15) is 0 Å². The fourth-order valence-electron chi connectivity index (χ4n) is 2.89. The number of fused-ring (bicyclic) bond motifs is 1. The Bertz CT molecular complexity index is 633. The van der Waals surface area contributed by atoms with Crippen LogP contribution < -0.4 is 4.74 Å². The summed E-state index contributed by atoms with van der Waals surface area (Å²) in [7, 11) is 1.71. The number of hydrogen-bond donors (Lipinski definition) is 0. The van der Waals surface area contributed by atoms with E-state index >= 15 is 0 Å². The van der Waals surface area contributed by atoms with Crippen molar-refractivity contribution in [3.63, 3.8) is 0 Å². The molecule has 1 aliphatic heterocycles. The highest BCUT2D eigenvalue weighted by Crippen LogP contribution is 2.37. The van der Waals surface area contributed by atoms with Gasteiger partial charge in [-0.15, -0.1) is 0 Å². The van der Waals surface area contributed by atoms with Gasteiger partial charge in [0.15, 0.2) is 0 Å². The molecule has 0 aromatic heterocycles. The van der Waals surface area contributed by atoms with Gasteiger partial charge in [0.25, 0.3) is 0 Å². The predicted octanol–water partition coefficient (Wildman–Crippen LogP) is 3.98. The molecule has 0 saturated carbocycles. The normalized spacial score (nSPS) is 20.5. The molecule has 20 heavy (non-hydrogen) atoms. The first-order valence-corrected chi connectivity index (χ1v) is 7.05. The number of ether oxygens (including phenoxy) is 1. The molecule has 2 aromatic carbocycles. The molecule has 1 aliphatic rings. The van der Waals surface area contributed by atoms with Crippen LogP contribution in [-0.2, 0) is 12.0 Å². The third kappa shape index (κ3) is 2.11. The topological polar surface area (TPSA) is 21.6 Å². The van der Waals surface area contributed by atoms with E-state index in [4.69, 9.17) is 9.73 Å². The Morgan fingerprint density at radius 2 is 1.95 bits per heavy atom. The standard InChI is InChI=1S/C18H19NO/c1-3-18(16-7-5-4-6-8-16)12-15-11-17(20-2)10-9-14(15)13-19-18/h4-11,13H,3,12H2,1-2H3. The van der Waals surface area contributed by atoms with Gasteiger partial charge in [-0.2, -0.15) is 0 Å². The van der Waals surface area contributed by atoms with Crippen LogP contribution in [-0.4, -0.2) is 13.3 Å². The van der Waals surface area contributed by atoms with Crippen molar-refractivity contribution in [2.45, 2.75) is 25.3 Å². The van der Waals surface area contributed by atoms with Crippen molar-refractivity contribution >= 4 is 6.21 Å². The van der Waals surface area contributed by atoms with Gasteiger partial charge in [0, 0.05) is 12.6 Å². The monoisotopic (exact) mass is 265 g/mol. The third-order valence-electron chi connectivity index (χ3n) is 4.18. The molecule has 0 amide bonds. The van der Waals surface area contributed by atoms with E-state index < -0.39 is 0 Å². The van der Waals surface area contributed by atoms with E-state index in [1.807, 2.05) is 12.3 Å². The molecule has 0 radical (unpaired) electrons. The second-order valence-corrected chi connectivity index (χ2v) is 5.25. The fraction of sp³-hybridized carbons (Fsp3) is 0.278. The Morgan fingerprint density at radius 1 is 1.15 bits per heavy atom. The maximum Gasteiger partial charge on any atom is 0.119 e. The van der Waals surface area contributed by atoms with Gasteiger partial charge in [-0.3, -0.25) is 4.99 Å². The molecule has 2 aromatic rings. The van der Waals surface area contributed by atoms with Gasteiger partial charge in [0.2, 0.25) is 0 Å². The van der Waals surface area contributed by atoms with Gasteiger partial charge in [0.05, 0.1) is 12.6 Å². The van der Waals surface area contributed by atoms with Crippen LogP contribution in [0.1, 0.15) is 30.0 Å². The Kier molecular flexibility index (Phi) is 3.31. The van der Waals surface area contributed by atoms with E-state index in [0.717, 1.165) is 18.6 Å². The molecule has 2 nitrogen and oxygen atoms in total. The summed E-state index contributed by atoms with van der Waals surface area (Å²) in [5, 5.41) is 0. The second-order valence-electron chi connectivity index (χ2n) is 5.25.